The van der Waals surface area contributed by atoms with Gasteiger partial charge in [-0.2, -0.15) is 0 Å². The summed E-state index contributed by atoms with van der Waals surface area (Å²) in [6.07, 6.45) is -2.59. The van der Waals surface area contributed by atoms with E-state index in [0.717, 1.165) is 0 Å². The highest BCUT2D eigenvalue weighted by molar-refractivity contribution is 6.31. The van der Waals surface area contributed by atoms with Gasteiger partial charge in [0.05, 0.1) is 6.61 Å². The molecule has 1 nitrogen and oxygen atoms in total. The second kappa shape index (κ2) is 3.83. The molecule has 0 radical (unpaired) electrons. The number of benzene rings is 1. The van der Waals surface area contributed by atoms with Crippen molar-refractivity contribution in [3.63, 3.8) is 0 Å². The van der Waals surface area contributed by atoms with Crippen LogP contribution in [0.5, 0.6) is 0 Å². The minimum atomic E-state index is -2.59. The summed E-state index contributed by atoms with van der Waals surface area (Å²) in [5.41, 5.74) is 0.206. The van der Waals surface area contributed by atoms with Gasteiger partial charge in [-0.15, -0.1) is 0 Å². The highest BCUT2D eigenvalue weighted by Gasteiger charge is 2.11. The third-order valence-corrected chi connectivity index (χ3v) is 1.82. The van der Waals surface area contributed by atoms with Gasteiger partial charge in [0.2, 0.25) is 0 Å². The molecule has 1 aromatic rings. The van der Waals surface area contributed by atoms with Gasteiger partial charge in [-0.3, -0.25) is 0 Å². The Hall–Kier alpha value is -0.670. The molecule has 0 heterocycles. The molecule has 0 aliphatic carbocycles. The van der Waals surface area contributed by atoms with Crippen LogP contribution in [0.25, 0.3) is 0 Å². The van der Waals surface area contributed by atoms with Crippen molar-refractivity contribution >= 4 is 11.6 Å². The van der Waals surface area contributed by atoms with Crippen LogP contribution in [0.4, 0.5) is 8.78 Å². The van der Waals surface area contributed by atoms with E-state index < -0.39 is 6.43 Å². The van der Waals surface area contributed by atoms with Gasteiger partial charge in [-0.25, -0.2) is 8.78 Å². The Balaban J connectivity index is 3.08. The van der Waals surface area contributed by atoms with Crippen LogP contribution >= 0.6 is 11.6 Å². The first-order valence-electron chi connectivity index (χ1n) is 3.32. The fourth-order valence-corrected chi connectivity index (χ4v) is 1.06. The average Bonchev–Trinajstić information content (AvgIpc) is 2.05. The van der Waals surface area contributed by atoms with Crippen LogP contribution in [-0.2, 0) is 6.61 Å². The summed E-state index contributed by atoms with van der Waals surface area (Å²) in [4.78, 5) is 0. The zero-order valence-corrected chi connectivity index (χ0v) is 6.85. The summed E-state index contributed by atoms with van der Waals surface area (Å²) in [7, 11) is 0. The van der Waals surface area contributed by atoms with Gasteiger partial charge in [-0.05, 0) is 17.7 Å². The van der Waals surface area contributed by atoms with E-state index in [1.54, 1.807) is 0 Å². The van der Waals surface area contributed by atoms with Crippen molar-refractivity contribution < 1.29 is 13.9 Å². The van der Waals surface area contributed by atoms with Crippen LogP contribution < -0.4 is 0 Å². The Bertz CT molecular complexity index is 276. The van der Waals surface area contributed by atoms with Crippen molar-refractivity contribution in [1.29, 1.82) is 0 Å². The topological polar surface area (TPSA) is 20.2 Å². The van der Waals surface area contributed by atoms with Gasteiger partial charge in [-0.1, -0.05) is 17.7 Å². The first-order valence-corrected chi connectivity index (χ1v) is 3.70. The summed E-state index contributed by atoms with van der Waals surface area (Å²) in [5, 5.41) is 8.68. The monoisotopic (exact) mass is 192 g/mol. The van der Waals surface area contributed by atoms with E-state index in [1.165, 1.54) is 18.2 Å². The van der Waals surface area contributed by atoms with Crippen LogP contribution in [0, 0.1) is 0 Å². The van der Waals surface area contributed by atoms with Gasteiger partial charge in [0.15, 0.2) is 0 Å². The molecule has 0 saturated carbocycles. The van der Waals surface area contributed by atoms with Gasteiger partial charge < -0.3 is 5.11 Å². The number of alkyl halides is 2. The first kappa shape index (κ1) is 9.42. The van der Waals surface area contributed by atoms with Crippen molar-refractivity contribution in [1.82, 2.24) is 0 Å². The van der Waals surface area contributed by atoms with Gasteiger partial charge in [0, 0.05) is 10.6 Å². The standard InChI is InChI=1S/C8H7ClF2O/c9-7-2-1-5(4-12)3-6(7)8(10)11/h1-3,8,12H,4H2. The third-order valence-electron chi connectivity index (χ3n) is 1.48. The average molecular weight is 193 g/mol. The first-order chi connectivity index (χ1) is 5.65. The maximum Gasteiger partial charge on any atom is 0.265 e. The van der Waals surface area contributed by atoms with Gasteiger partial charge >= 0.3 is 0 Å². The fourth-order valence-electron chi connectivity index (χ4n) is 0.859. The Morgan fingerprint density at radius 1 is 1.42 bits per heavy atom. The molecule has 4 heteroatoms. The van der Waals surface area contributed by atoms with Gasteiger partial charge in [0.25, 0.3) is 6.43 Å². The molecule has 0 atom stereocenters. The van der Waals surface area contributed by atoms with Crippen molar-refractivity contribution in [3.05, 3.63) is 34.3 Å². The lowest BCUT2D eigenvalue weighted by molar-refractivity contribution is 0.151. The normalized spacial score (nSPS) is 10.8. The minimum absolute atomic E-state index is 0.0298. The molecule has 12 heavy (non-hydrogen) atoms. The largest absolute Gasteiger partial charge is 0.392 e. The summed E-state index contributed by atoms with van der Waals surface area (Å²) in [6, 6.07) is 4.07. The Kier molecular flexibility index (Phi) is 3.00. The van der Waals surface area contributed by atoms with E-state index in [2.05, 4.69) is 0 Å². The molecule has 1 rings (SSSR count). The molecular weight excluding hydrogens is 186 g/mol. The lowest BCUT2D eigenvalue weighted by Gasteiger charge is -2.04. The predicted molar refractivity (Wildman–Crippen MR) is 42.3 cm³/mol. The molecule has 0 amide bonds. The fraction of sp³-hybridized carbons (Fsp3) is 0.250. The molecule has 0 spiro atoms. The molecule has 0 saturated heterocycles. The van der Waals surface area contributed by atoms with E-state index in [4.69, 9.17) is 16.7 Å². The number of aliphatic hydroxyl groups is 1. The summed E-state index contributed by atoms with van der Waals surface area (Å²) in [6.45, 7) is -0.253. The SMILES string of the molecule is OCc1ccc(Cl)c(C(F)F)c1. The van der Waals surface area contributed by atoms with Crippen LogP contribution in [0.1, 0.15) is 17.6 Å². The number of halogens is 3. The molecule has 0 fully saturated rings. The Labute approximate surface area is 73.6 Å². The maximum atomic E-state index is 12.2. The number of hydrogen-bond donors (Lipinski definition) is 1. The summed E-state index contributed by atoms with van der Waals surface area (Å²) < 4.78 is 24.4. The molecular formula is C8H7ClF2O. The maximum absolute atomic E-state index is 12.2. The zero-order valence-electron chi connectivity index (χ0n) is 6.10. The van der Waals surface area contributed by atoms with Crippen molar-refractivity contribution in [2.75, 3.05) is 0 Å². The Morgan fingerprint density at radius 2 is 2.08 bits per heavy atom. The van der Waals surface area contributed by atoms with E-state index in [0.29, 0.717) is 5.56 Å². The number of hydrogen-bond acceptors (Lipinski definition) is 1. The van der Waals surface area contributed by atoms with E-state index in [1.807, 2.05) is 0 Å². The lowest BCUT2D eigenvalue weighted by Crippen LogP contribution is -1.90. The molecule has 1 aromatic carbocycles. The predicted octanol–water partition coefficient (Wildman–Crippen LogP) is 2.77. The Morgan fingerprint density at radius 3 is 2.58 bits per heavy atom. The molecule has 0 aliphatic heterocycles. The quantitative estimate of drug-likeness (QED) is 0.764. The van der Waals surface area contributed by atoms with Crippen LogP contribution in [-0.4, -0.2) is 5.11 Å². The highest BCUT2D eigenvalue weighted by Crippen LogP contribution is 2.27. The highest BCUT2D eigenvalue weighted by atomic mass is 35.5. The lowest BCUT2D eigenvalue weighted by atomic mass is 10.1. The van der Waals surface area contributed by atoms with Crippen LogP contribution in [0.3, 0.4) is 0 Å². The van der Waals surface area contributed by atoms with Crippen molar-refractivity contribution in [2.45, 2.75) is 13.0 Å². The second-order valence-electron chi connectivity index (χ2n) is 2.31. The third kappa shape index (κ3) is 1.93. The van der Waals surface area contributed by atoms with E-state index in [-0.39, 0.29) is 17.2 Å². The number of rotatable bonds is 2. The van der Waals surface area contributed by atoms with Gasteiger partial charge in [0.1, 0.15) is 0 Å². The smallest absolute Gasteiger partial charge is 0.265 e. The molecule has 0 aliphatic rings. The zero-order chi connectivity index (χ0) is 9.14. The minimum Gasteiger partial charge on any atom is -0.392 e. The van der Waals surface area contributed by atoms with E-state index >= 15 is 0 Å². The molecule has 1 N–H and O–H groups in total. The number of aliphatic hydroxyl groups excluding tert-OH is 1. The van der Waals surface area contributed by atoms with E-state index in [9.17, 15) is 8.78 Å². The summed E-state index contributed by atoms with van der Waals surface area (Å²) in [5.74, 6) is 0. The molecule has 66 valence electrons. The molecule has 0 aromatic heterocycles. The molecule has 0 unspecified atom stereocenters. The summed E-state index contributed by atoms with van der Waals surface area (Å²) >= 11 is 5.49. The second-order valence-corrected chi connectivity index (χ2v) is 2.72. The molecule has 0 bridgehead atoms. The van der Waals surface area contributed by atoms with Crippen molar-refractivity contribution in [3.8, 4) is 0 Å². The van der Waals surface area contributed by atoms with Crippen molar-refractivity contribution in [2.24, 2.45) is 0 Å². The van der Waals surface area contributed by atoms with Crippen LogP contribution in [0.15, 0.2) is 18.2 Å². The van der Waals surface area contributed by atoms with Crippen LogP contribution in [0.2, 0.25) is 5.02 Å².